The molecule has 0 spiro atoms. The monoisotopic (exact) mass is 1680 g/mol. The number of ether oxygens (including phenoxy) is 4. The summed E-state index contributed by atoms with van der Waals surface area (Å²) in [6.45, 7) is 9.82. The zero-order chi connectivity index (χ0) is 84.1. The molecule has 0 rings (SSSR count). The van der Waals surface area contributed by atoms with Crippen molar-refractivity contribution < 1.29 is 80.2 Å². The highest BCUT2D eigenvalue weighted by Crippen LogP contribution is 2.45. The lowest BCUT2D eigenvalue weighted by molar-refractivity contribution is -0.161. The van der Waals surface area contributed by atoms with E-state index in [1.54, 1.807) is 0 Å². The SMILES string of the molecule is CCCCCCCCCCCCCCCCCCCCCCCCC(=O)OC[C@H](COP(=O)(O)OC[C@@H](O)COP(=O)(O)OC[C@@H](COC(=O)CCCCCCCCCCCC)OC(=O)CCCCCCCCCCCCCCCCCCCCC(C)C)OC(=O)CCCCCCCCCCCCCCCCCCCCC(C)CC. The molecule has 115 heavy (non-hydrogen) atoms. The van der Waals surface area contributed by atoms with Crippen LogP contribution in [0.4, 0.5) is 0 Å². The second kappa shape index (κ2) is 87.0. The second-order valence-electron chi connectivity index (χ2n) is 35.2. The fourth-order valence-electron chi connectivity index (χ4n) is 15.2. The quantitative estimate of drug-likeness (QED) is 0.0222. The average molecular weight is 1680 g/mol. The molecule has 0 saturated carbocycles. The second-order valence-corrected chi connectivity index (χ2v) is 38.1. The number of phosphoric acid groups is 2. The summed E-state index contributed by atoms with van der Waals surface area (Å²) in [5.41, 5.74) is 0. The molecule has 684 valence electrons. The first-order chi connectivity index (χ1) is 55.9. The van der Waals surface area contributed by atoms with Crippen LogP contribution in [-0.2, 0) is 65.4 Å². The average Bonchev–Trinajstić information content (AvgIpc) is 0.898. The fraction of sp³-hybridized carbons (Fsp3) is 0.958. The standard InChI is InChI=1S/C96H188O17P2/c1-7-10-12-14-16-18-20-21-22-23-24-25-26-27-34-39-44-49-55-61-67-73-79-94(99)107-85-92(113-96(101)81-75-69-63-57-51-46-41-36-31-29-33-38-43-48-53-59-65-71-77-89(6)9-3)87-111-115(104,105)109-83-90(97)82-108-114(102,103)110-86-91(84-106-93(98)78-72-66-60-54-19-17-15-13-11-8-2)112-95(100)80-74-68-62-56-50-45-40-35-30-28-32-37-42-47-52-58-64-70-76-88(4)5/h88-92,97H,7-87H2,1-6H3,(H,102,103)(H,104,105)/t89?,90-,91+,92+/m0/s1. The Balaban J connectivity index is 5.20. The summed E-state index contributed by atoms with van der Waals surface area (Å²) < 4.78 is 69.2. The van der Waals surface area contributed by atoms with Gasteiger partial charge in [-0.2, -0.15) is 0 Å². The molecular formula is C96H188O17P2. The first-order valence-corrected chi connectivity index (χ1v) is 52.5. The van der Waals surface area contributed by atoms with Gasteiger partial charge in [0.05, 0.1) is 26.4 Å². The molecule has 0 aromatic rings. The number of carbonyl (C=O) groups excluding carboxylic acids is 4. The minimum atomic E-state index is -4.97. The molecule has 0 aromatic carbocycles. The van der Waals surface area contributed by atoms with Gasteiger partial charge in [-0.15, -0.1) is 0 Å². The van der Waals surface area contributed by atoms with Crippen LogP contribution in [0.2, 0.25) is 0 Å². The predicted octanol–water partition coefficient (Wildman–Crippen LogP) is 30.1. The predicted molar refractivity (Wildman–Crippen MR) is 478 cm³/mol. The lowest BCUT2D eigenvalue weighted by Crippen LogP contribution is -2.30. The third-order valence-corrected chi connectivity index (χ3v) is 25.0. The first kappa shape index (κ1) is 113. The van der Waals surface area contributed by atoms with Gasteiger partial charge in [-0.3, -0.25) is 37.3 Å². The molecule has 0 aliphatic heterocycles. The summed E-state index contributed by atoms with van der Waals surface area (Å²) in [7, 11) is -9.94. The Morgan fingerprint density at radius 1 is 0.252 bits per heavy atom. The van der Waals surface area contributed by atoms with Gasteiger partial charge >= 0.3 is 39.5 Å². The van der Waals surface area contributed by atoms with E-state index in [1.807, 2.05) is 0 Å². The molecule has 0 amide bonds. The van der Waals surface area contributed by atoms with E-state index in [1.165, 1.54) is 340 Å². The zero-order valence-corrected chi connectivity index (χ0v) is 77.9. The Bertz CT molecular complexity index is 2190. The molecule has 19 heteroatoms. The van der Waals surface area contributed by atoms with Crippen LogP contribution in [0, 0.1) is 11.8 Å². The topological polar surface area (TPSA) is 237 Å². The van der Waals surface area contributed by atoms with Crippen LogP contribution in [0.1, 0.15) is 523 Å². The van der Waals surface area contributed by atoms with E-state index in [-0.39, 0.29) is 25.7 Å². The highest BCUT2D eigenvalue weighted by Gasteiger charge is 2.31. The number of rotatable bonds is 95. The summed E-state index contributed by atoms with van der Waals surface area (Å²) in [5.74, 6) is -0.400. The van der Waals surface area contributed by atoms with E-state index < -0.39 is 97.5 Å². The first-order valence-electron chi connectivity index (χ1n) is 49.5. The molecule has 0 aliphatic carbocycles. The van der Waals surface area contributed by atoms with E-state index in [2.05, 4.69) is 41.5 Å². The number of hydrogen-bond donors (Lipinski definition) is 3. The van der Waals surface area contributed by atoms with Gasteiger partial charge in [0.1, 0.15) is 19.3 Å². The smallest absolute Gasteiger partial charge is 0.462 e. The summed E-state index contributed by atoms with van der Waals surface area (Å²) in [4.78, 5) is 73.5. The van der Waals surface area contributed by atoms with E-state index in [4.69, 9.17) is 37.0 Å². The van der Waals surface area contributed by atoms with Crippen molar-refractivity contribution in [2.75, 3.05) is 39.6 Å². The van der Waals surface area contributed by atoms with Crippen molar-refractivity contribution >= 4 is 39.5 Å². The van der Waals surface area contributed by atoms with Crippen molar-refractivity contribution in [1.29, 1.82) is 0 Å². The van der Waals surface area contributed by atoms with E-state index >= 15 is 0 Å². The number of phosphoric ester groups is 2. The number of carbonyl (C=O) groups is 4. The third-order valence-electron chi connectivity index (χ3n) is 23.1. The number of hydrogen-bond acceptors (Lipinski definition) is 15. The van der Waals surface area contributed by atoms with Crippen LogP contribution in [0.15, 0.2) is 0 Å². The van der Waals surface area contributed by atoms with Crippen molar-refractivity contribution in [3.63, 3.8) is 0 Å². The van der Waals surface area contributed by atoms with E-state index in [0.29, 0.717) is 25.7 Å². The van der Waals surface area contributed by atoms with Crippen LogP contribution in [-0.4, -0.2) is 96.7 Å². The third kappa shape index (κ3) is 88.2. The Morgan fingerprint density at radius 3 is 0.661 bits per heavy atom. The molecule has 3 N–H and O–H groups in total. The van der Waals surface area contributed by atoms with Crippen molar-refractivity contribution in [3.8, 4) is 0 Å². The number of unbranched alkanes of at least 4 members (excludes halogenated alkanes) is 64. The highest BCUT2D eigenvalue weighted by atomic mass is 31.2. The Hall–Kier alpha value is -1.94. The summed E-state index contributed by atoms with van der Waals surface area (Å²) in [5, 5.41) is 10.7. The van der Waals surface area contributed by atoms with Gasteiger partial charge in [-0.25, -0.2) is 9.13 Å². The van der Waals surface area contributed by atoms with Crippen LogP contribution < -0.4 is 0 Å². The van der Waals surface area contributed by atoms with Crippen molar-refractivity contribution in [2.45, 2.75) is 541 Å². The number of aliphatic hydroxyl groups excluding tert-OH is 1. The summed E-state index contributed by atoms with van der Waals surface area (Å²) in [6, 6.07) is 0. The molecule has 0 saturated heterocycles. The summed E-state index contributed by atoms with van der Waals surface area (Å²) >= 11 is 0. The fourth-order valence-corrected chi connectivity index (χ4v) is 16.7. The van der Waals surface area contributed by atoms with Crippen LogP contribution in [0.25, 0.3) is 0 Å². The number of esters is 4. The van der Waals surface area contributed by atoms with Gasteiger partial charge in [0, 0.05) is 25.7 Å². The molecule has 3 unspecified atom stereocenters. The van der Waals surface area contributed by atoms with Gasteiger partial charge in [0.25, 0.3) is 0 Å². The molecular weight excluding hydrogens is 1490 g/mol. The molecule has 6 atom stereocenters. The van der Waals surface area contributed by atoms with Crippen molar-refractivity contribution in [3.05, 3.63) is 0 Å². The maximum atomic E-state index is 13.2. The molecule has 0 aliphatic rings. The van der Waals surface area contributed by atoms with Crippen LogP contribution in [0.3, 0.4) is 0 Å². The minimum Gasteiger partial charge on any atom is -0.462 e. The molecule has 0 aromatic heterocycles. The molecule has 0 radical (unpaired) electrons. The Morgan fingerprint density at radius 2 is 0.443 bits per heavy atom. The molecule has 17 nitrogen and oxygen atoms in total. The Labute approximate surface area is 708 Å². The lowest BCUT2D eigenvalue weighted by Gasteiger charge is -2.21. The van der Waals surface area contributed by atoms with Crippen LogP contribution >= 0.6 is 15.6 Å². The normalized spacial score (nSPS) is 13.9. The molecule has 0 heterocycles. The van der Waals surface area contributed by atoms with Gasteiger partial charge in [-0.05, 0) is 37.5 Å². The summed E-state index contributed by atoms with van der Waals surface area (Å²) in [6.07, 6.45) is 83.6. The molecule has 0 fully saturated rings. The van der Waals surface area contributed by atoms with Crippen molar-refractivity contribution in [1.82, 2.24) is 0 Å². The molecule has 0 bridgehead atoms. The minimum absolute atomic E-state index is 0.109. The van der Waals surface area contributed by atoms with E-state index in [0.717, 1.165) is 102 Å². The largest absolute Gasteiger partial charge is 0.472 e. The maximum absolute atomic E-state index is 13.2. The van der Waals surface area contributed by atoms with Crippen molar-refractivity contribution in [2.24, 2.45) is 11.8 Å². The number of aliphatic hydroxyl groups is 1. The van der Waals surface area contributed by atoms with Gasteiger partial charge in [-0.1, -0.05) is 472 Å². The Kier molecular flexibility index (Phi) is 85.5. The van der Waals surface area contributed by atoms with Gasteiger partial charge in [0.2, 0.25) is 0 Å². The maximum Gasteiger partial charge on any atom is 0.472 e. The highest BCUT2D eigenvalue weighted by molar-refractivity contribution is 7.47. The van der Waals surface area contributed by atoms with E-state index in [9.17, 15) is 43.2 Å². The van der Waals surface area contributed by atoms with Gasteiger partial charge < -0.3 is 33.8 Å². The lowest BCUT2D eigenvalue weighted by atomic mass is 9.99. The van der Waals surface area contributed by atoms with Gasteiger partial charge in [0.15, 0.2) is 12.2 Å². The zero-order valence-electron chi connectivity index (χ0n) is 76.1. The van der Waals surface area contributed by atoms with Crippen LogP contribution in [0.5, 0.6) is 0 Å².